The SMILES string of the molecule is COc1ccc(CN2C3CC2CN(c2ccc(-c4cc(SF)cn5nc6[nH]ncc6c45)cn2)C3)cn1. The molecule has 1 N–H and O–H groups in total. The number of H-pyrrole nitrogens is 1. The number of hydrogen-bond donors (Lipinski definition) is 1. The van der Waals surface area contributed by atoms with E-state index in [0.29, 0.717) is 28.5 Å². The first kappa shape index (κ1) is 21.6. The summed E-state index contributed by atoms with van der Waals surface area (Å²) < 4.78 is 20.4. The van der Waals surface area contributed by atoms with Gasteiger partial charge in [-0.1, -0.05) is 6.07 Å². The Kier molecular flexibility index (Phi) is 5.07. The zero-order valence-corrected chi connectivity index (χ0v) is 20.3. The van der Waals surface area contributed by atoms with Crippen LogP contribution >= 0.6 is 12.1 Å². The Hall–Kier alpha value is -3.70. The molecule has 182 valence electrons. The van der Waals surface area contributed by atoms with Crippen molar-refractivity contribution in [1.82, 2.24) is 34.7 Å². The minimum absolute atomic E-state index is 0.208. The van der Waals surface area contributed by atoms with Gasteiger partial charge in [-0.2, -0.15) is 8.98 Å². The van der Waals surface area contributed by atoms with E-state index in [2.05, 4.69) is 48.3 Å². The van der Waals surface area contributed by atoms with E-state index in [1.165, 1.54) is 12.0 Å². The van der Waals surface area contributed by atoms with Gasteiger partial charge in [0.15, 0.2) is 5.65 Å². The van der Waals surface area contributed by atoms with Crippen LogP contribution in [0.5, 0.6) is 5.88 Å². The highest BCUT2D eigenvalue weighted by atomic mass is 32.2. The minimum Gasteiger partial charge on any atom is -0.481 e. The largest absolute Gasteiger partial charge is 0.481 e. The number of nitrogens with one attached hydrogen (secondary N) is 1. The lowest BCUT2D eigenvalue weighted by molar-refractivity contribution is -0.00876. The lowest BCUT2D eigenvalue weighted by Gasteiger charge is -2.56. The maximum Gasteiger partial charge on any atom is 0.212 e. The zero-order chi connectivity index (χ0) is 24.2. The number of methoxy groups -OCH3 is 1. The van der Waals surface area contributed by atoms with Crippen LogP contribution in [0.3, 0.4) is 0 Å². The standard InChI is InChI=1S/C25H23FN8OS/c1-35-23-5-2-15(8-28-23)11-33-17-6-18(33)13-32(12-17)22-4-3-16(9-27-22)20-7-19(36-26)14-34-24(20)21-10-29-30-25(21)31-34/h2-5,7-10,14,17-18H,6,11-13H2,1H3,(H,30,31). The van der Waals surface area contributed by atoms with Crippen molar-refractivity contribution in [2.24, 2.45) is 0 Å². The molecule has 5 aromatic rings. The summed E-state index contributed by atoms with van der Waals surface area (Å²) in [5.74, 6) is 1.61. The highest BCUT2D eigenvalue weighted by Gasteiger charge is 2.44. The summed E-state index contributed by atoms with van der Waals surface area (Å²) >= 11 is 0.208. The number of aromatic amines is 1. The van der Waals surface area contributed by atoms with E-state index in [4.69, 9.17) is 9.72 Å². The van der Waals surface area contributed by atoms with Crippen molar-refractivity contribution in [3.8, 4) is 17.0 Å². The van der Waals surface area contributed by atoms with Gasteiger partial charge in [-0.15, -0.1) is 5.10 Å². The second kappa shape index (κ2) is 8.45. The van der Waals surface area contributed by atoms with Crippen molar-refractivity contribution in [1.29, 1.82) is 0 Å². The molecule has 9 nitrogen and oxygen atoms in total. The first-order chi connectivity index (χ1) is 17.7. The lowest BCUT2D eigenvalue weighted by Crippen LogP contribution is -2.68. The predicted molar refractivity (Wildman–Crippen MR) is 136 cm³/mol. The Balaban J connectivity index is 1.11. The van der Waals surface area contributed by atoms with Gasteiger partial charge in [-0.05, 0) is 30.2 Å². The van der Waals surface area contributed by atoms with Crippen molar-refractivity contribution in [2.45, 2.75) is 29.9 Å². The Morgan fingerprint density at radius 2 is 2.00 bits per heavy atom. The number of piperidine rings is 1. The fourth-order valence-electron chi connectivity index (χ4n) is 5.50. The van der Waals surface area contributed by atoms with Crippen molar-refractivity contribution >= 4 is 34.5 Å². The summed E-state index contributed by atoms with van der Waals surface area (Å²) in [6.45, 7) is 2.80. The maximum atomic E-state index is 13.5. The number of piperazine rings is 1. The molecule has 3 aliphatic rings. The Morgan fingerprint density at radius 3 is 2.72 bits per heavy atom. The molecule has 0 radical (unpaired) electrons. The van der Waals surface area contributed by atoms with E-state index in [1.807, 2.05) is 24.5 Å². The molecule has 0 spiro atoms. The van der Waals surface area contributed by atoms with E-state index in [0.717, 1.165) is 47.5 Å². The predicted octanol–water partition coefficient (Wildman–Crippen LogP) is 4.12. The molecular formula is C25H23FN8OS. The molecule has 36 heavy (non-hydrogen) atoms. The van der Waals surface area contributed by atoms with Crippen LogP contribution in [0.25, 0.3) is 27.7 Å². The van der Waals surface area contributed by atoms with Crippen LogP contribution in [-0.4, -0.2) is 67.0 Å². The normalized spacial score (nSPS) is 19.7. The second-order valence-corrected chi connectivity index (χ2v) is 9.95. The smallest absolute Gasteiger partial charge is 0.212 e. The monoisotopic (exact) mass is 502 g/mol. The molecule has 3 fully saturated rings. The number of fused-ring (bicyclic) bond motifs is 5. The van der Waals surface area contributed by atoms with E-state index < -0.39 is 0 Å². The number of ether oxygens (including phenoxy) is 1. The number of aromatic nitrogens is 6. The summed E-state index contributed by atoms with van der Waals surface area (Å²) in [6.07, 6.45) is 8.42. The molecule has 0 aromatic carbocycles. The number of rotatable bonds is 6. The van der Waals surface area contributed by atoms with Gasteiger partial charge in [0.05, 0.1) is 41.3 Å². The van der Waals surface area contributed by atoms with Crippen LogP contribution in [0.2, 0.25) is 0 Å². The van der Waals surface area contributed by atoms with Crippen molar-refractivity contribution < 1.29 is 8.62 Å². The van der Waals surface area contributed by atoms with Crippen LogP contribution in [0.1, 0.15) is 12.0 Å². The summed E-state index contributed by atoms with van der Waals surface area (Å²) in [6, 6.07) is 11.0. The molecule has 3 saturated heterocycles. The third-order valence-corrected chi connectivity index (χ3v) is 7.69. The fraction of sp³-hybridized carbons (Fsp3) is 0.280. The molecule has 0 saturated carbocycles. The summed E-state index contributed by atoms with van der Waals surface area (Å²) in [7, 11) is 1.63. The van der Waals surface area contributed by atoms with Gasteiger partial charge in [0, 0.05) is 67.5 Å². The number of hydrogen-bond acceptors (Lipinski definition) is 8. The zero-order valence-electron chi connectivity index (χ0n) is 19.5. The maximum absolute atomic E-state index is 13.5. The van der Waals surface area contributed by atoms with E-state index in [-0.39, 0.29) is 12.1 Å². The van der Waals surface area contributed by atoms with Gasteiger partial charge in [0.1, 0.15) is 5.82 Å². The Labute approximate surface area is 210 Å². The molecule has 2 bridgehead atoms. The van der Waals surface area contributed by atoms with E-state index >= 15 is 0 Å². The van der Waals surface area contributed by atoms with Crippen LogP contribution in [0.4, 0.5) is 9.70 Å². The molecule has 11 heteroatoms. The van der Waals surface area contributed by atoms with Gasteiger partial charge >= 0.3 is 0 Å². The highest BCUT2D eigenvalue weighted by Crippen LogP contribution is 2.37. The molecule has 5 aromatic heterocycles. The van der Waals surface area contributed by atoms with E-state index in [9.17, 15) is 3.89 Å². The van der Waals surface area contributed by atoms with Gasteiger partial charge in [0.2, 0.25) is 5.88 Å². The van der Waals surface area contributed by atoms with Gasteiger partial charge in [-0.3, -0.25) is 10.00 Å². The average molecular weight is 503 g/mol. The molecule has 2 unspecified atom stereocenters. The van der Waals surface area contributed by atoms with Crippen LogP contribution in [0, 0.1) is 0 Å². The summed E-state index contributed by atoms with van der Waals surface area (Å²) in [5, 5.41) is 12.4. The Morgan fingerprint density at radius 1 is 1.11 bits per heavy atom. The van der Waals surface area contributed by atoms with Crippen molar-refractivity contribution in [3.05, 3.63) is 60.7 Å². The average Bonchev–Trinajstić information content (AvgIpc) is 3.53. The third kappa shape index (κ3) is 3.49. The number of nitrogens with zero attached hydrogens (tertiary/aromatic N) is 7. The van der Waals surface area contributed by atoms with Crippen molar-refractivity contribution in [2.75, 3.05) is 25.1 Å². The summed E-state index contributed by atoms with van der Waals surface area (Å²) in [5.41, 5.74) is 4.55. The third-order valence-electron chi connectivity index (χ3n) is 7.29. The topological polar surface area (TPSA) is 87.5 Å². The second-order valence-electron chi connectivity index (χ2n) is 9.33. The fourth-order valence-corrected chi connectivity index (χ4v) is 5.81. The first-order valence-electron chi connectivity index (χ1n) is 11.8. The lowest BCUT2D eigenvalue weighted by atomic mass is 9.87. The highest BCUT2D eigenvalue weighted by molar-refractivity contribution is 7.94. The molecule has 3 aliphatic heterocycles. The van der Waals surface area contributed by atoms with Crippen LogP contribution in [-0.2, 0) is 6.54 Å². The van der Waals surface area contributed by atoms with Crippen molar-refractivity contribution in [3.63, 3.8) is 0 Å². The van der Waals surface area contributed by atoms with Gasteiger partial charge in [0.25, 0.3) is 0 Å². The molecule has 0 aliphatic carbocycles. The number of anilines is 1. The number of halogens is 1. The van der Waals surface area contributed by atoms with Gasteiger partial charge < -0.3 is 9.64 Å². The van der Waals surface area contributed by atoms with Crippen LogP contribution < -0.4 is 9.64 Å². The van der Waals surface area contributed by atoms with E-state index in [1.54, 1.807) is 24.0 Å². The molecule has 8 heterocycles. The summed E-state index contributed by atoms with van der Waals surface area (Å²) in [4.78, 5) is 14.6. The quantitative estimate of drug-likeness (QED) is 0.371. The Bertz CT molecular complexity index is 1540. The molecule has 8 rings (SSSR count). The molecular weight excluding hydrogens is 479 g/mol. The minimum atomic E-state index is 0.208. The van der Waals surface area contributed by atoms with Crippen LogP contribution in [0.15, 0.2) is 60.0 Å². The molecule has 2 atom stereocenters. The molecule has 0 amide bonds. The first-order valence-corrected chi connectivity index (χ1v) is 12.5. The van der Waals surface area contributed by atoms with Gasteiger partial charge in [-0.25, -0.2) is 14.5 Å². The number of pyridine rings is 3.